The van der Waals surface area contributed by atoms with Crippen LogP contribution in [0, 0.1) is 0 Å². The number of likely N-dealkylation sites (N-methyl/N-ethyl adjacent to an activating group) is 1. The minimum absolute atomic E-state index is 0.174. The number of hydrogen-bond acceptors (Lipinski definition) is 4. The molecule has 0 radical (unpaired) electrons. The molecule has 0 saturated carbocycles. The van der Waals surface area contributed by atoms with Crippen LogP contribution in [0.4, 0.5) is 11.4 Å². The summed E-state index contributed by atoms with van der Waals surface area (Å²) in [6, 6.07) is 1.83. The highest BCUT2D eigenvalue weighted by atomic mass is 16.2. The standard InChI is InChI=1S/C13H20N4O/c1-16(12-5-6-15-9-11(12)14)10-13(18)17-7-3-2-4-8-17/h5-6,9H,2-4,7-8,10,14H2,1H3. The lowest BCUT2D eigenvalue weighted by Gasteiger charge is -2.29. The number of rotatable bonds is 3. The van der Waals surface area contributed by atoms with Crippen molar-refractivity contribution in [1.82, 2.24) is 9.88 Å². The molecule has 1 amide bonds. The van der Waals surface area contributed by atoms with E-state index in [4.69, 9.17) is 5.73 Å². The predicted octanol–water partition coefficient (Wildman–Crippen LogP) is 1.11. The van der Waals surface area contributed by atoms with E-state index >= 15 is 0 Å². The first kappa shape index (κ1) is 12.7. The normalized spacial score (nSPS) is 15.5. The molecule has 1 aliphatic heterocycles. The number of carbonyl (C=O) groups excluding carboxylic acids is 1. The molecule has 5 heteroatoms. The number of hydrogen-bond donors (Lipinski definition) is 1. The van der Waals surface area contributed by atoms with Gasteiger partial charge < -0.3 is 15.5 Å². The van der Waals surface area contributed by atoms with E-state index in [1.807, 2.05) is 22.9 Å². The first-order chi connectivity index (χ1) is 8.68. The van der Waals surface area contributed by atoms with Gasteiger partial charge in [0, 0.05) is 26.3 Å². The van der Waals surface area contributed by atoms with Gasteiger partial charge in [-0.05, 0) is 25.3 Å². The number of aromatic nitrogens is 1. The second-order valence-corrected chi connectivity index (χ2v) is 4.73. The van der Waals surface area contributed by atoms with Crippen molar-refractivity contribution in [2.75, 3.05) is 37.3 Å². The van der Waals surface area contributed by atoms with Crippen molar-refractivity contribution >= 4 is 17.3 Å². The predicted molar refractivity (Wildman–Crippen MR) is 72.4 cm³/mol. The Balaban J connectivity index is 1.96. The average Bonchev–Trinajstić information content (AvgIpc) is 2.40. The molecule has 1 aliphatic rings. The lowest BCUT2D eigenvalue weighted by atomic mass is 10.1. The zero-order valence-corrected chi connectivity index (χ0v) is 10.8. The van der Waals surface area contributed by atoms with Crippen LogP contribution >= 0.6 is 0 Å². The fraction of sp³-hybridized carbons (Fsp3) is 0.538. The Bertz CT molecular complexity index is 415. The molecular weight excluding hydrogens is 228 g/mol. The van der Waals surface area contributed by atoms with Crippen molar-refractivity contribution in [1.29, 1.82) is 0 Å². The quantitative estimate of drug-likeness (QED) is 0.870. The van der Waals surface area contributed by atoms with E-state index < -0.39 is 0 Å². The van der Waals surface area contributed by atoms with Crippen LogP contribution in [-0.2, 0) is 4.79 Å². The Morgan fingerprint density at radius 1 is 1.44 bits per heavy atom. The molecule has 18 heavy (non-hydrogen) atoms. The first-order valence-corrected chi connectivity index (χ1v) is 6.37. The number of nitrogens with zero attached hydrogens (tertiary/aromatic N) is 3. The van der Waals surface area contributed by atoms with Crippen molar-refractivity contribution in [3.05, 3.63) is 18.5 Å². The number of nitrogens with two attached hydrogens (primary N) is 1. The second-order valence-electron chi connectivity index (χ2n) is 4.73. The van der Waals surface area contributed by atoms with Crippen LogP contribution in [0.2, 0.25) is 0 Å². The van der Waals surface area contributed by atoms with Crippen LogP contribution in [0.15, 0.2) is 18.5 Å². The van der Waals surface area contributed by atoms with Gasteiger partial charge >= 0.3 is 0 Å². The summed E-state index contributed by atoms with van der Waals surface area (Å²) in [6.07, 6.45) is 6.77. The number of piperidine rings is 1. The van der Waals surface area contributed by atoms with E-state index in [2.05, 4.69) is 4.98 Å². The van der Waals surface area contributed by atoms with Gasteiger partial charge in [-0.3, -0.25) is 9.78 Å². The summed E-state index contributed by atoms with van der Waals surface area (Å²) in [7, 11) is 1.88. The van der Waals surface area contributed by atoms with Gasteiger partial charge in [0.25, 0.3) is 0 Å². The largest absolute Gasteiger partial charge is 0.396 e. The first-order valence-electron chi connectivity index (χ1n) is 6.37. The van der Waals surface area contributed by atoms with E-state index in [-0.39, 0.29) is 5.91 Å². The fourth-order valence-corrected chi connectivity index (χ4v) is 2.28. The SMILES string of the molecule is CN(CC(=O)N1CCCCC1)c1ccncc1N. The van der Waals surface area contributed by atoms with Crippen molar-refractivity contribution in [3.63, 3.8) is 0 Å². The molecule has 0 atom stereocenters. The highest BCUT2D eigenvalue weighted by Crippen LogP contribution is 2.20. The minimum Gasteiger partial charge on any atom is -0.396 e. The molecule has 2 heterocycles. The van der Waals surface area contributed by atoms with E-state index in [1.54, 1.807) is 12.4 Å². The Kier molecular flexibility index (Phi) is 4.02. The summed E-state index contributed by atoms with van der Waals surface area (Å²) >= 11 is 0. The maximum Gasteiger partial charge on any atom is 0.242 e. The Morgan fingerprint density at radius 3 is 2.83 bits per heavy atom. The van der Waals surface area contributed by atoms with Crippen LogP contribution in [0.5, 0.6) is 0 Å². The third-order valence-electron chi connectivity index (χ3n) is 3.32. The Morgan fingerprint density at radius 2 is 2.17 bits per heavy atom. The van der Waals surface area contributed by atoms with Crippen LogP contribution in [0.1, 0.15) is 19.3 Å². The van der Waals surface area contributed by atoms with Gasteiger partial charge in [-0.25, -0.2) is 0 Å². The lowest BCUT2D eigenvalue weighted by Crippen LogP contribution is -2.41. The van der Waals surface area contributed by atoms with Crippen LogP contribution in [-0.4, -0.2) is 42.5 Å². The van der Waals surface area contributed by atoms with Crippen LogP contribution in [0.25, 0.3) is 0 Å². The molecule has 0 unspecified atom stereocenters. The molecule has 2 rings (SSSR count). The zero-order chi connectivity index (χ0) is 13.0. The number of likely N-dealkylation sites (tertiary alicyclic amines) is 1. The third-order valence-corrected chi connectivity index (χ3v) is 3.32. The van der Waals surface area contributed by atoms with Gasteiger partial charge in [0.1, 0.15) is 0 Å². The smallest absolute Gasteiger partial charge is 0.242 e. The highest BCUT2D eigenvalue weighted by molar-refractivity contribution is 5.82. The van der Waals surface area contributed by atoms with E-state index in [1.165, 1.54) is 6.42 Å². The van der Waals surface area contributed by atoms with E-state index in [9.17, 15) is 4.79 Å². The maximum atomic E-state index is 12.1. The van der Waals surface area contributed by atoms with E-state index in [0.717, 1.165) is 31.6 Å². The third kappa shape index (κ3) is 2.91. The lowest BCUT2D eigenvalue weighted by molar-refractivity contribution is -0.130. The van der Waals surface area contributed by atoms with Crippen molar-refractivity contribution in [2.45, 2.75) is 19.3 Å². The fourth-order valence-electron chi connectivity index (χ4n) is 2.28. The minimum atomic E-state index is 0.174. The summed E-state index contributed by atoms with van der Waals surface area (Å²) in [4.78, 5) is 19.9. The molecule has 0 bridgehead atoms. The summed E-state index contributed by atoms with van der Waals surface area (Å²) in [5.74, 6) is 0.174. The molecular formula is C13H20N4O. The number of nitrogen functional groups attached to an aromatic ring is 1. The topological polar surface area (TPSA) is 62.5 Å². The van der Waals surface area contributed by atoms with Crippen LogP contribution in [0.3, 0.4) is 0 Å². The van der Waals surface area contributed by atoms with Crippen molar-refractivity contribution < 1.29 is 4.79 Å². The van der Waals surface area contributed by atoms with Gasteiger partial charge in [0.05, 0.1) is 24.1 Å². The van der Waals surface area contributed by atoms with E-state index in [0.29, 0.717) is 12.2 Å². The highest BCUT2D eigenvalue weighted by Gasteiger charge is 2.18. The number of anilines is 2. The van der Waals surface area contributed by atoms with Gasteiger partial charge in [0.15, 0.2) is 0 Å². The monoisotopic (exact) mass is 248 g/mol. The van der Waals surface area contributed by atoms with Crippen molar-refractivity contribution in [2.24, 2.45) is 0 Å². The molecule has 1 saturated heterocycles. The average molecular weight is 248 g/mol. The summed E-state index contributed by atoms with van der Waals surface area (Å²) in [5, 5.41) is 0. The number of amides is 1. The van der Waals surface area contributed by atoms with Gasteiger partial charge in [-0.1, -0.05) is 0 Å². The molecule has 98 valence electrons. The molecule has 0 aromatic carbocycles. The summed E-state index contributed by atoms with van der Waals surface area (Å²) < 4.78 is 0. The molecule has 0 aliphatic carbocycles. The van der Waals surface area contributed by atoms with Gasteiger partial charge in [-0.2, -0.15) is 0 Å². The van der Waals surface area contributed by atoms with Gasteiger partial charge in [0.2, 0.25) is 5.91 Å². The Hall–Kier alpha value is -1.78. The molecule has 2 N–H and O–H groups in total. The van der Waals surface area contributed by atoms with Crippen LogP contribution < -0.4 is 10.6 Å². The Labute approximate surface area is 108 Å². The van der Waals surface area contributed by atoms with Gasteiger partial charge in [-0.15, -0.1) is 0 Å². The maximum absolute atomic E-state index is 12.1. The summed E-state index contributed by atoms with van der Waals surface area (Å²) in [6.45, 7) is 2.14. The zero-order valence-electron chi connectivity index (χ0n) is 10.8. The molecule has 5 nitrogen and oxygen atoms in total. The second kappa shape index (κ2) is 5.71. The number of carbonyl (C=O) groups is 1. The molecule has 1 aromatic rings. The molecule has 1 aromatic heterocycles. The number of pyridine rings is 1. The molecule has 1 fully saturated rings. The molecule has 0 spiro atoms. The van der Waals surface area contributed by atoms with Crippen molar-refractivity contribution in [3.8, 4) is 0 Å². The summed E-state index contributed by atoms with van der Waals surface area (Å²) in [5.41, 5.74) is 7.31.